The fourth-order valence-corrected chi connectivity index (χ4v) is 4.85. The molecule has 1 N–H and O–H groups in total. The van der Waals surface area contributed by atoms with Crippen molar-refractivity contribution in [1.82, 2.24) is 39.5 Å². The minimum Gasteiger partial charge on any atom is -1.00 e. The number of carbonyl (C=O) groups is 1. The van der Waals surface area contributed by atoms with Crippen LogP contribution in [0.1, 0.15) is 34.2 Å². The van der Waals surface area contributed by atoms with Crippen molar-refractivity contribution < 1.29 is 62.7 Å². The molecular weight excluding hydrogens is 874 g/mol. The van der Waals surface area contributed by atoms with Gasteiger partial charge in [-0.2, -0.15) is 36.5 Å². The molecule has 6 rings (SSSR count). The number of rotatable bonds is 10. The molecule has 0 aliphatic heterocycles. The summed E-state index contributed by atoms with van der Waals surface area (Å²) < 4.78 is 93.7. The molecule has 0 saturated heterocycles. The number of halogens is 9. The number of carbonyl (C=O) groups excluding carboxylic acids is 1. The molecule has 0 fully saturated rings. The number of pyridine rings is 2. The molecule has 0 spiro atoms. The zero-order valence-corrected chi connectivity index (χ0v) is 33.5. The van der Waals surface area contributed by atoms with Crippen LogP contribution in [-0.4, -0.2) is 73.4 Å². The minimum atomic E-state index is -4.83. The van der Waals surface area contributed by atoms with Gasteiger partial charge >= 0.3 is 35.4 Å². The summed E-state index contributed by atoms with van der Waals surface area (Å²) in [7, 11) is 0. The Hall–Kier alpha value is -4.34. The third kappa shape index (κ3) is 13.1. The second-order valence-electron chi connectivity index (χ2n) is 11.1. The van der Waals surface area contributed by atoms with Crippen LogP contribution in [0.5, 0.6) is 23.3 Å². The molecule has 12 nitrogen and oxygen atoms in total. The number of alkyl halides is 6. The van der Waals surface area contributed by atoms with E-state index in [0.717, 1.165) is 16.8 Å². The van der Waals surface area contributed by atoms with E-state index in [-0.39, 0.29) is 83.8 Å². The molecule has 56 heavy (non-hydrogen) atoms. The largest absolute Gasteiger partial charge is 2.00 e. The maximum absolute atomic E-state index is 13.5. The normalized spacial score (nSPS) is 12.0. The van der Waals surface area contributed by atoms with Gasteiger partial charge in [-0.25, -0.2) is 29.3 Å². The second-order valence-corrected chi connectivity index (χ2v) is 12.0. The van der Waals surface area contributed by atoms with Crippen molar-refractivity contribution in [3.05, 3.63) is 138 Å². The average molecular weight is 901 g/mol. The van der Waals surface area contributed by atoms with Crippen LogP contribution < -0.4 is 26.5 Å². The first kappa shape index (κ1) is 47.8. The summed E-state index contributed by atoms with van der Waals surface area (Å²) in [6, 6.07) is 16.7. The zero-order chi connectivity index (χ0) is 38.4. The van der Waals surface area contributed by atoms with E-state index in [0.29, 0.717) is 10.0 Å². The van der Waals surface area contributed by atoms with Crippen LogP contribution in [0.4, 0.5) is 26.3 Å². The van der Waals surface area contributed by atoms with Gasteiger partial charge < -0.3 is 39.0 Å². The van der Waals surface area contributed by atoms with E-state index >= 15 is 0 Å². The van der Waals surface area contributed by atoms with E-state index < -0.39 is 46.3 Å². The Kier molecular flexibility index (Phi) is 17.2. The Morgan fingerprint density at radius 1 is 0.714 bits per heavy atom. The van der Waals surface area contributed by atoms with Crippen molar-refractivity contribution in [2.75, 3.05) is 0 Å². The third-order valence-electron chi connectivity index (χ3n) is 6.94. The van der Waals surface area contributed by atoms with E-state index in [1.807, 2.05) is 0 Å². The number of hydrogen-bond donors (Lipinski definition) is 1. The van der Waals surface area contributed by atoms with E-state index in [2.05, 4.69) is 30.1 Å². The van der Waals surface area contributed by atoms with Crippen LogP contribution in [0.3, 0.4) is 0 Å². The summed E-state index contributed by atoms with van der Waals surface area (Å²) in [6.45, 7) is 0.637. The summed E-state index contributed by atoms with van der Waals surface area (Å²) in [6.07, 6.45) is -4.68. The van der Waals surface area contributed by atoms with Crippen molar-refractivity contribution in [1.29, 1.82) is 0 Å². The van der Waals surface area contributed by atoms with Crippen molar-refractivity contribution in [3.63, 3.8) is 0 Å². The van der Waals surface area contributed by atoms with Gasteiger partial charge in [0.1, 0.15) is 49.0 Å². The van der Waals surface area contributed by atoms with Gasteiger partial charge in [-0.3, -0.25) is 4.79 Å². The number of nitrogens with zero attached hydrogens (tertiary/aromatic N) is 8. The molecule has 22 heteroatoms. The van der Waals surface area contributed by atoms with E-state index in [1.165, 1.54) is 85.4 Å². The summed E-state index contributed by atoms with van der Waals surface area (Å²) in [5.41, 5.74) is -5.41. The van der Waals surface area contributed by atoms with Crippen molar-refractivity contribution >= 4 is 52.0 Å². The van der Waals surface area contributed by atoms with Gasteiger partial charge in [-0.15, -0.1) is 0 Å². The van der Waals surface area contributed by atoms with Gasteiger partial charge in [0, 0.05) is 27.7 Å². The Morgan fingerprint density at radius 3 is 1.61 bits per heavy atom. The van der Waals surface area contributed by atoms with Crippen LogP contribution >= 0.6 is 23.2 Å². The number of aromatic nitrogens is 8. The smallest absolute Gasteiger partial charge is 1.00 e. The average Bonchev–Trinajstić information content (AvgIpc) is 3.81. The maximum atomic E-state index is 13.5. The van der Waals surface area contributed by atoms with Crippen LogP contribution in [0, 0.1) is 7.43 Å². The molecule has 1 atom stereocenters. The molecule has 4 aromatic heterocycles. The molecule has 0 aliphatic carbocycles. The number of hydrogen-bond acceptors (Lipinski definition) is 10. The molecule has 0 bridgehead atoms. The van der Waals surface area contributed by atoms with Crippen LogP contribution in [0.2, 0.25) is 10.0 Å². The monoisotopic (exact) mass is 898 g/mol. The van der Waals surface area contributed by atoms with Gasteiger partial charge in [-0.05, 0) is 67.6 Å². The van der Waals surface area contributed by atoms with Crippen molar-refractivity contribution in [2.24, 2.45) is 0 Å². The fraction of sp³-hybridized carbons (Fsp3) is 0.176. The molecule has 0 saturated carbocycles. The number of Topliss-reactive ketones (excluding diaryl/α,β-unsaturated/α-hetero) is 1. The summed E-state index contributed by atoms with van der Waals surface area (Å²) >= 11 is 11.5. The number of ether oxygens (including phenoxy) is 2. The molecule has 1 unspecified atom stereocenters. The Morgan fingerprint density at radius 2 is 1.16 bits per heavy atom. The van der Waals surface area contributed by atoms with E-state index in [1.54, 1.807) is 12.1 Å². The van der Waals surface area contributed by atoms with Crippen LogP contribution in [-0.2, 0) is 31.0 Å². The predicted molar refractivity (Wildman–Crippen MR) is 188 cm³/mol. The molecule has 0 amide bonds. The number of benzene rings is 2. The maximum Gasteiger partial charge on any atom is 2.00 e. The quantitative estimate of drug-likeness (QED) is 0.0851. The first-order chi connectivity index (χ1) is 25.0. The molecule has 4 heterocycles. The van der Waals surface area contributed by atoms with Gasteiger partial charge in [0.2, 0.25) is 11.8 Å². The first-order valence-corrected chi connectivity index (χ1v) is 15.7. The Bertz CT molecular complexity index is 2150. The summed E-state index contributed by atoms with van der Waals surface area (Å²) in [5, 5.41) is 19.1. The van der Waals surface area contributed by atoms with Crippen molar-refractivity contribution in [2.45, 2.75) is 38.0 Å². The molecule has 292 valence electrons. The van der Waals surface area contributed by atoms with Crippen LogP contribution in [0.25, 0.3) is 0 Å². The van der Waals surface area contributed by atoms with Gasteiger partial charge in [0.15, 0.2) is 17.2 Å². The minimum absolute atomic E-state index is 0. The van der Waals surface area contributed by atoms with Gasteiger partial charge in [0.05, 0.1) is 12.1 Å². The Balaban J connectivity index is 0.000000367. The Labute approximate surface area is 351 Å². The molecule has 6 aromatic rings. The van der Waals surface area contributed by atoms with Gasteiger partial charge in [-0.1, -0.05) is 23.2 Å². The fourth-order valence-electron chi connectivity index (χ4n) is 4.60. The second kappa shape index (κ2) is 20.2. The SMILES string of the molecule is CC(O)(Cn1cncn1)c1ccc(Oc2ccc(Cl)cc2)nc1C(F)(F)F.O=C(Cn1cncn1)c1ccc(Oc2ccc(Cl)cc2)nc1C(F)(F)F.[Br-].[CH3-].[Mg+2]. The van der Waals surface area contributed by atoms with Crippen LogP contribution in [0.15, 0.2) is 98.1 Å². The number of ketones is 1. The zero-order valence-electron chi connectivity index (χ0n) is 29.0. The first-order valence-electron chi connectivity index (χ1n) is 14.9. The summed E-state index contributed by atoms with van der Waals surface area (Å²) in [4.78, 5) is 26.6. The molecule has 0 radical (unpaired) electrons. The standard InChI is InChI=1S/C17H14ClF3N4O2.C16H10ClF3N4O2.CH3.BrH.Mg/c1-16(26,8-25-10-22-9-23-25)13-6-7-14(24-15(13)17(19,20)21)27-12-4-2-11(18)3-5-12;17-10-1-3-11(4-2-10)26-14-6-5-12(15(23-14)16(18,19)20)13(25)7-24-9-21-8-22-24;;;/h2-7,9-10,26H,8H2,1H3;1-6,8-9H,7H2;1H3;1H;/q;;-1;;+2/p-1. The third-order valence-corrected chi connectivity index (χ3v) is 7.44. The molecule has 0 aliphatic rings. The molecular formula is C34H27BrCl2F6MgN8O4. The van der Waals surface area contributed by atoms with E-state index in [9.17, 15) is 36.2 Å². The topological polar surface area (TPSA) is 143 Å². The molecule has 2 aromatic carbocycles. The number of aliphatic hydroxyl groups is 1. The summed E-state index contributed by atoms with van der Waals surface area (Å²) in [5.74, 6) is -0.811. The predicted octanol–water partition coefficient (Wildman–Crippen LogP) is 5.14. The van der Waals surface area contributed by atoms with Crippen molar-refractivity contribution in [3.8, 4) is 23.3 Å². The van der Waals surface area contributed by atoms with Gasteiger partial charge in [0.25, 0.3) is 0 Å². The van der Waals surface area contributed by atoms with E-state index in [4.69, 9.17) is 32.7 Å².